The number of hydrogen-bond acceptors (Lipinski definition) is 5. The first kappa shape index (κ1) is 15.8. The van der Waals surface area contributed by atoms with Crippen LogP contribution in [-0.4, -0.2) is 21.3 Å². The summed E-state index contributed by atoms with van der Waals surface area (Å²) in [6.07, 6.45) is 5.08. The average molecular weight is 353 g/mol. The molecule has 25 heavy (non-hydrogen) atoms. The average Bonchev–Trinajstić information content (AvgIpc) is 3.21. The highest BCUT2D eigenvalue weighted by atomic mass is 32.1. The number of nitrogens with one attached hydrogen (secondary N) is 1. The fraction of sp³-hybridized carbons (Fsp3) is 0.278. The SMILES string of the molecule is NC(=O)c1c(N)sc2c1CCC(Cc1cn[nH]n1)(c1ccccc1)C2. The summed E-state index contributed by atoms with van der Waals surface area (Å²) in [5.41, 5.74) is 15.3. The van der Waals surface area contributed by atoms with E-state index in [2.05, 4.69) is 39.7 Å². The largest absolute Gasteiger partial charge is 0.390 e. The Morgan fingerprint density at radius 2 is 2.12 bits per heavy atom. The first-order valence-electron chi connectivity index (χ1n) is 8.19. The van der Waals surface area contributed by atoms with E-state index in [-0.39, 0.29) is 5.41 Å². The van der Waals surface area contributed by atoms with E-state index in [1.54, 1.807) is 6.20 Å². The molecule has 1 aromatic carbocycles. The summed E-state index contributed by atoms with van der Waals surface area (Å²) in [6, 6.07) is 10.5. The number of nitrogens with two attached hydrogens (primary N) is 2. The Bertz CT molecular complexity index is 903. The molecular weight excluding hydrogens is 334 g/mol. The molecule has 0 aliphatic heterocycles. The van der Waals surface area contributed by atoms with Crippen molar-refractivity contribution in [3.8, 4) is 0 Å². The second kappa shape index (κ2) is 6.00. The lowest BCUT2D eigenvalue weighted by Crippen LogP contribution is -2.36. The Morgan fingerprint density at radius 3 is 2.80 bits per heavy atom. The molecule has 2 aromatic heterocycles. The molecule has 0 bridgehead atoms. The number of benzene rings is 1. The van der Waals surface area contributed by atoms with E-state index in [4.69, 9.17) is 11.5 Å². The van der Waals surface area contributed by atoms with Crippen LogP contribution in [0.25, 0.3) is 0 Å². The van der Waals surface area contributed by atoms with E-state index < -0.39 is 5.91 Å². The normalized spacial score (nSPS) is 19.5. The molecule has 1 unspecified atom stereocenters. The smallest absolute Gasteiger partial charge is 0.251 e. The maximum absolute atomic E-state index is 11.8. The molecule has 1 aliphatic carbocycles. The second-order valence-electron chi connectivity index (χ2n) is 6.57. The van der Waals surface area contributed by atoms with E-state index in [9.17, 15) is 4.79 Å². The number of hydrogen-bond donors (Lipinski definition) is 3. The minimum Gasteiger partial charge on any atom is -0.390 e. The number of primary amides is 1. The number of aromatic nitrogens is 3. The topological polar surface area (TPSA) is 111 Å². The van der Waals surface area contributed by atoms with Gasteiger partial charge in [0.15, 0.2) is 0 Å². The van der Waals surface area contributed by atoms with Gasteiger partial charge in [-0.15, -0.1) is 11.3 Å². The van der Waals surface area contributed by atoms with Gasteiger partial charge in [0.2, 0.25) is 0 Å². The molecule has 0 saturated heterocycles. The van der Waals surface area contributed by atoms with E-state index in [0.29, 0.717) is 10.6 Å². The van der Waals surface area contributed by atoms with Crippen molar-refractivity contribution < 1.29 is 4.79 Å². The molecule has 7 heteroatoms. The number of thiophene rings is 1. The second-order valence-corrected chi connectivity index (χ2v) is 7.71. The van der Waals surface area contributed by atoms with Gasteiger partial charge in [-0.2, -0.15) is 15.4 Å². The van der Waals surface area contributed by atoms with E-state index in [1.165, 1.54) is 16.9 Å². The molecule has 2 heterocycles. The van der Waals surface area contributed by atoms with Crippen LogP contribution in [0.15, 0.2) is 36.5 Å². The third-order valence-electron chi connectivity index (χ3n) is 5.09. The molecule has 1 atom stereocenters. The first-order valence-corrected chi connectivity index (χ1v) is 9.01. The lowest BCUT2D eigenvalue weighted by atomic mass is 9.67. The van der Waals surface area contributed by atoms with Crippen LogP contribution in [0.5, 0.6) is 0 Å². The Balaban J connectivity index is 1.79. The molecule has 128 valence electrons. The molecule has 4 rings (SSSR count). The van der Waals surface area contributed by atoms with E-state index in [1.807, 2.05) is 6.07 Å². The van der Waals surface area contributed by atoms with Crippen molar-refractivity contribution in [3.05, 3.63) is 63.8 Å². The van der Waals surface area contributed by atoms with Crippen molar-refractivity contribution in [1.82, 2.24) is 15.4 Å². The van der Waals surface area contributed by atoms with Crippen molar-refractivity contribution in [2.75, 3.05) is 5.73 Å². The van der Waals surface area contributed by atoms with Crippen LogP contribution < -0.4 is 11.5 Å². The third-order valence-corrected chi connectivity index (χ3v) is 6.15. The van der Waals surface area contributed by atoms with Gasteiger partial charge in [0.25, 0.3) is 5.91 Å². The number of aromatic amines is 1. The number of nitrogens with zero attached hydrogens (tertiary/aromatic N) is 2. The Morgan fingerprint density at radius 1 is 1.32 bits per heavy atom. The zero-order valence-corrected chi connectivity index (χ0v) is 14.5. The number of rotatable bonds is 4. The predicted octanol–water partition coefficient (Wildman–Crippen LogP) is 2.22. The molecule has 6 nitrogen and oxygen atoms in total. The Kier molecular flexibility index (Phi) is 3.80. The van der Waals surface area contributed by atoms with Crippen LogP contribution in [0.1, 0.15) is 38.5 Å². The summed E-state index contributed by atoms with van der Waals surface area (Å²) in [5, 5.41) is 11.4. The molecule has 1 aliphatic rings. The number of carbonyl (C=O) groups is 1. The van der Waals surface area contributed by atoms with Gasteiger partial charge in [-0.3, -0.25) is 4.79 Å². The lowest BCUT2D eigenvalue weighted by Gasteiger charge is -2.37. The van der Waals surface area contributed by atoms with Crippen LogP contribution >= 0.6 is 11.3 Å². The van der Waals surface area contributed by atoms with Crippen molar-refractivity contribution in [2.24, 2.45) is 5.73 Å². The van der Waals surface area contributed by atoms with Gasteiger partial charge in [-0.1, -0.05) is 30.3 Å². The van der Waals surface area contributed by atoms with Crippen LogP contribution in [0.2, 0.25) is 0 Å². The maximum atomic E-state index is 11.8. The van der Waals surface area contributed by atoms with Crippen molar-refractivity contribution in [2.45, 2.75) is 31.1 Å². The van der Waals surface area contributed by atoms with Crippen LogP contribution in [0.4, 0.5) is 5.00 Å². The van der Waals surface area contributed by atoms with Gasteiger partial charge in [0.1, 0.15) is 0 Å². The standard InChI is InChI=1S/C18H19N5OS/c19-16(24)15-13-6-7-18(8-12-10-21-23-22-12,9-14(13)25-17(15)20)11-4-2-1-3-5-11/h1-5,10H,6-9,20H2,(H2,19,24)(H,21,22,23). The number of H-pyrrole nitrogens is 1. The predicted molar refractivity (Wildman–Crippen MR) is 97.5 cm³/mol. The highest BCUT2D eigenvalue weighted by Gasteiger charge is 2.39. The van der Waals surface area contributed by atoms with E-state index in [0.717, 1.165) is 41.8 Å². The lowest BCUT2D eigenvalue weighted by molar-refractivity contribution is 0.1000. The highest BCUT2D eigenvalue weighted by molar-refractivity contribution is 7.16. The van der Waals surface area contributed by atoms with Crippen molar-refractivity contribution in [3.63, 3.8) is 0 Å². The van der Waals surface area contributed by atoms with Crippen LogP contribution in [0, 0.1) is 0 Å². The van der Waals surface area contributed by atoms with E-state index >= 15 is 0 Å². The van der Waals surface area contributed by atoms with Crippen LogP contribution in [0.3, 0.4) is 0 Å². The van der Waals surface area contributed by atoms with Gasteiger partial charge in [0, 0.05) is 16.7 Å². The maximum Gasteiger partial charge on any atom is 0.251 e. The van der Waals surface area contributed by atoms with Gasteiger partial charge in [0.05, 0.1) is 22.5 Å². The van der Waals surface area contributed by atoms with Gasteiger partial charge < -0.3 is 11.5 Å². The number of nitrogen functional groups attached to an aromatic ring is 1. The summed E-state index contributed by atoms with van der Waals surface area (Å²) in [6.45, 7) is 0. The zero-order chi connectivity index (χ0) is 17.4. The first-order chi connectivity index (χ1) is 12.1. The Labute approximate surface area is 149 Å². The summed E-state index contributed by atoms with van der Waals surface area (Å²) < 4.78 is 0. The minimum atomic E-state index is -0.432. The molecule has 0 spiro atoms. The van der Waals surface area contributed by atoms with Gasteiger partial charge in [-0.25, -0.2) is 0 Å². The number of amides is 1. The third kappa shape index (κ3) is 2.70. The summed E-state index contributed by atoms with van der Waals surface area (Å²) in [7, 11) is 0. The summed E-state index contributed by atoms with van der Waals surface area (Å²) in [5.74, 6) is -0.432. The Hall–Kier alpha value is -2.67. The number of anilines is 1. The quantitative estimate of drug-likeness (QED) is 0.668. The van der Waals surface area contributed by atoms with Crippen molar-refractivity contribution >= 4 is 22.2 Å². The molecule has 5 N–H and O–H groups in total. The van der Waals surface area contributed by atoms with Crippen molar-refractivity contribution in [1.29, 1.82) is 0 Å². The minimum absolute atomic E-state index is 0.0860. The molecule has 0 saturated carbocycles. The molecule has 0 fully saturated rings. The molecule has 3 aromatic rings. The summed E-state index contributed by atoms with van der Waals surface area (Å²) >= 11 is 1.49. The zero-order valence-electron chi connectivity index (χ0n) is 13.7. The monoisotopic (exact) mass is 353 g/mol. The highest BCUT2D eigenvalue weighted by Crippen LogP contribution is 2.46. The molecule has 0 radical (unpaired) electrons. The molecular formula is C18H19N5OS. The van der Waals surface area contributed by atoms with Gasteiger partial charge >= 0.3 is 0 Å². The number of fused-ring (bicyclic) bond motifs is 1. The van der Waals surface area contributed by atoms with Crippen LogP contribution in [-0.2, 0) is 24.7 Å². The fourth-order valence-corrected chi connectivity index (χ4v) is 5.19. The van der Waals surface area contributed by atoms with Gasteiger partial charge in [-0.05, 0) is 30.4 Å². The fourth-order valence-electron chi connectivity index (χ4n) is 3.92. The number of carbonyl (C=O) groups excluding carboxylic acids is 1. The summed E-state index contributed by atoms with van der Waals surface area (Å²) in [4.78, 5) is 12.9. The molecule has 1 amide bonds.